The van der Waals surface area contributed by atoms with Crippen molar-refractivity contribution in [2.24, 2.45) is 5.92 Å². The lowest BCUT2D eigenvalue weighted by Crippen LogP contribution is -2.27. The van der Waals surface area contributed by atoms with Crippen LogP contribution < -0.4 is 10.9 Å². The molecule has 0 saturated heterocycles. The third-order valence-corrected chi connectivity index (χ3v) is 7.21. The smallest absolute Gasteiger partial charge is 0.325 e. The normalized spacial score (nSPS) is 15.1. The molecule has 1 fully saturated rings. The van der Waals surface area contributed by atoms with Gasteiger partial charge in [0.15, 0.2) is 5.69 Å². The second kappa shape index (κ2) is 11.3. The molecule has 1 aromatic heterocycles. The Hall–Kier alpha value is -3.42. The van der Waals surface area contributed by atoms with E-state index in [4.69, 9.17) is 0 Å². The monoisotopic (exact) mass is 511 g/mol. The third kappa shape index (κ3) is 6.29. The van der Waals surface area contributed by atoms with Crippen molar-refractivity contribution in [2.75, 3.05) is 5.32 Å². The van der Waals surface area contributed by atoms with E-state index in [9.17, 15) is 22.8 Å². The van der Waals surface area contributed by atoms with Crippen LogP contribution in [0.3, 0.4) is 0 Å². The summed E-state index contributed by atoms with van der Waals surface area (Å²) in [6.07, 6.45) is 1.46. The van der Waals surface area contributed by atoms with Gasteiger partial charge in [-0.05, 0) is 66.5 Å². The molecule has 0 aliphatic heterocycles. The molecular formula is C29H32F3N3O2. The number of carbonyl (C=O) groups is 1. The largest absolute Gasteiger partial charge is 0.435 e. The molecule has 0 spiro atoms. The van der Waals surface area contributed by atoms with Gasteiger partial charge in [0.05, 0.1) is 12.5 Å². The summed E-state index contributed by atoms with van der Waals surface area (Å²) in [5, 5.41) is 6.64. The van der Waals surface area contributed by atoms with Gasteiger partial charge in [0, 0.05) is 11.8 Å². The van der Waals surface area contributed by atoms with Crippen molar-refractivity contribution >= 4 is 11.6 Å². The van der Waals surface area contributed by atoms with Crippen LogP contribution in [0.1, 0.15) is 72.9 Å². The molecule has 8 heteroatoms. The first-order valence-corrected chi connectivity index (χ1v) is 12.8. The quantitative estimate of drug-likeness (QED) is 0.376. The average Bonchev–Trinajstić information content (AvgIpc) is 3.38. The van der Waals surface area contributed by atoms with Gasteiger partial charge in [-0.15, -0.1) is 0 Å². The molecule has 1 N–H and O–H groups in total. The van der Waals surface area contributed by atoms with Gasteiger partial charge in [-0.2, -0.15) is 18.3 Å². The van der Waals surface area contributed by atoms with E-state index in [2.05, 4.69) is 23.4 Å². The molecule has 4 rings (SSSR count). The van der Waals surface area contributed by atoms with Gasteiger partial charge < -0.3 is 5.32 Å². The van der Waals surface area contributed by atoms with Crippen LogP contribution in [0.15, 0.2) is 59.4 Å². The van der Waals surface area contributed by atoms with E-state index in [1.807, 2.05) is 31.2 Å². The number of benzene rings is 2. The fourth-order valence-corrected chi connectivity index (χ4v) is 5.21. The average molecular weight is 512 g/mol. The number of hydrogen-bond acceptors (Lipinski definition) is 3. The van der Waals surface area contributed by atoms with Crippen LogP contribution >= 0.6 is 0 Å². The maximum atomic E-state index is 13.6. The minimum absolute atomic E-state index is 0.0489. The highest BCUT2D eigenvalue weighted by Gasteiger charge is 2.34. The predicted molar refractivity (Wildman–Crippen MR) is 138 cm³/mol. The first-order valence-electron chi connectivity index (χ1n) is 12.8. The molecule has 1 atom stereocenters. The van der Waals surface area contributed by atoms with Gasteiger partial charge in [-0.25, -0.2) is 4.68 Å². The number of anilines is 1. The number of nitrogens with one attached hydrogen (secondary N) is 1. The number of rotatable bonds is 8. The Bertz CT molecular complexity index is 1290. The van der Waals surface area contributed by atoms with Crippen molar-refractivity contribution in [1.82, 2.24) is 9.78 Å². The SMILES string of the molecule is CCCc1cccc(NC(=O)C(c2ccc(Cn3nc(C(F)(F)F)ccc3=O)cc2)C2CCCC2)c1C. The molecule has 0 radical (unpaired) electrons. The Labute approximate surface area is 214 Å². The number of alkyl halides is 3. The zero-order chi connectivity index (χ0) is 26.6. The number of nitrogens with zero attached hydrogens (tertiary/aromatic N) is 2. The predicted octanol–water partition coefficient (Wildman–Crippen LogP) is 6.48. The summed E-state index contributed by atoms with van der Waals surface area (Å²) in [5.41, 5.74) is 2.90. The molecule has 1 amide bonds. The number of aryl methyl sites for hydroxylation is 1. The second-order valence-electron chi connectivity index (χ2n) is 9.80. The summed E-state index contributed by atoms with van der Waals surface area (Å²) in [6.45, 7) is 4.07. The van der Waals surface area contributed by atoms with E-state index in [0.29, 0.717) is 11.6 Å². The van der Waals surface area contributed by atoms with Crippen molar-refractivity contribution in [3.05, 3.63) is 92.9 Å². The lowest BCUT2D eigenvalue weighted by atomic mass is 9.83. The Morgan fingerprint density at radius 3 is 2.43 bits per heavy atom. The summed E-state index contributed by atoms with van der Waals surface area (Å²) in [7, 11) is 0. The fraction of sp³-hybridized carbons (Fsp3) is 0.414. The Balaban J connectivity index is 1.57. The Morgan fingerprint density at radius 1 is 1.08 bits per heavy atom. The van der Waals surface area contributed by atoms with Crippen molar-refractivity contribution < 1.29 is 18.0 Å². The molecule has 1 unspecified atom stereocenters. The van der Waals surface area contributed by atoms with E-state index in [1.165, 1.54) is 5.56 Å². The van der Waals surface area contributed by atoms with E-state index >= 15 is 0 Å². The molecule has 1 saturated carbocycles. The molecule has 0 bridgehead atoms. The molecular weight excluding hydrogens is 479 g/mol. The summed E-state index contributed by atoms with van der Waals surface area (Å²) in [4.78, 5) is 25.7. The van der Waals surface area contributed by atoms with Crippen LogP contribution in [-0.4, -0.2) is 15.7 Å². The number of aromatic nitrogens is 2. The Kier molecular flexibility index (Phi) is 8.15. The zero-order valence-corrected chi connectivity index (χ0v) is 21.1. The number of amides is 1. The highest BCUT2D eigenvalue weighted by atomic mass is 19.4. The number of carbonyl (C=O) groups excluding carboxylic acids is 1. The van der Waals surface area contributed by atoms with Gasteiger partial charge >= 0.3 is 6.18 Å². The van der Waals surface area contributed by atoms with Gasteiger partial charge in [0.25, 0.3) is 5.56 Å². The maximum Gasteiger partial charge on any atom is 0.435 e. The van der Waals surface area contributed by atoms with E-state index in [1.54, 1.807) is 12.1 Å². The van der Waals surface area contributed by atoms with Crippen LogP contribution in [0.4, 0.5) is 18.9 Å². The fourth-order valence-electron chi connectivity index (χ4n) is 5.21. The van der Waals surface area contributed by atoms with Crippen LogP contribution in [-0.2, 0) is 23.9 Å². The van der Waals surface area contributed by atoms with Crippen LogP contribution in [0.2, 0.25) is 0 Å². The van der Waals surface area contributed by atoms with Crippen LogP contribution in [0.25, 0.3) is 0 Å². The van der Waals surface area contributed by atoms with Crippen molar-refractivity contribution in [3.63, 3.8) is 0 Å². The molecule has 5 nitrogen and oxygen atoms in total. The standard InChI is InChI=1S/C29H32F3N3O2/c1-3-7-21-10-6-11-24(19(21)2)33-28(37)27(22-8-4-5-9-22)23-14-12-20(13-15-23)18-35-26(36)17-16-25(34-35)29(30,31)32/h6,10-17,22,27H,3-5,7-9,18H2,1-2H3,(H,33,37). The summed E-state index contributed by atoms with van der Waals surface area (Å²) in [6, 6.07) is 14.8. The highest BCUT2D eigenvalue weighted by Crippen LogP contribution is 2.38. The molecule has 3 aromatic rings. The highest BCUT2D eigenvalue weighted by molar-refractivity contribution is 5.96. The van der Waals surface area contributed by atoms with E-state index in [-0.39, 0.29) is 24.3 Å². The summed E-state index contributed by atoms with van der Waals surface area (Å²) in [5.74, 6) is -0.162. The molecule has 1 heterocycles. The van der Waals surface area contributed by atoms with Crippen molar-refractivity contribution in [2.45, 2.75) is 71.0 Å². The minimum atomic E-state index is -4.63. The Morgan fingerprint density at radius 2 is 1.78 bits per heavy atom. The molecule has 2 aromatic carbocycles. The first kappa shape index (κ1) is 26.6. The van der Waals surface area contributed by atoms with Crippen LogP contribution in [0.5, 0.6) is 0 Å². The molecule has 1 aliphatic carbocycles. The summed E-state index contributed by atoms with van der Waals surface area (Å²) >= 11 is 0. The van der Waals surface area contributed by atoms with Gasteiger partial charge in [0.2, 0.25) is 5.91 Å². The van der Waals surface area contributed by atoms with Crippen molar-refractivity contribution in [3.8, 4) is 0 Å². The lowest BCUT2D eigenvalue weighted by Gasteiger charge is -2.24. The lowest BCUT2D eigenvalue weighted by molar-refractivity contribution is -0.142. The van der Waals surface area contributed by atoms with Gasteiger partial charge in [-0.1, -0.05) is 62.6 Å². The maximum absolute atomic E-state index is 13.6. The minimum Gasteiger partial charge on any atom is -0.325 e. The van der Waals surface area contributed by atoms with Crippen molar-refractivity contribution in [1.29, 1.82) is 0 Å². The zero-order valence-electron chi connectivity index (χ0n) is 21.1. The summed E-state index contributed by atoms with van der Waals surface area (Å²) < 4.78 is 39.9. The number of hydrogen-bond donors (Lipinski definition) is 1. The topological polar surface area (TPSA) is 64.0 Å². The third-order valence-electron chi connectivity index (χ3n) is 7.21. The molecule has 37 heavy (non-hydrogen) atoms. The first-order chi connectivity index (χ1) is 17.7. The van der Waals surface area contributed by atoms with E-state index in [0.717, 1.165) is 66.1 Å². The number of halogens is 3. The second-order valence-corrected chi connectivity index (χ2v) is 9.80. The van der Waals surface area contributed by atoms with E-state index < -0.39 is 17.4 Å². The van der Waals surface area contributed by atoms with Gasteiger partial charge in [0.1, 0.15) is 0 Å². The molecule has 196 valence electrons. The molecule has 1 aliphatic rings. The van der Waals surface area contributed by atoms with Gasteiger partial charge in [-0.3, -0.25) is 9.59 Å². The van der Waals surface area contributed by atoms with Crippen LogP contribution in [0, 0.1) is 12.8 Å².